The number of amides is 1. The number of nitrogens with one attached hydrogen (secondary N) is 1. The molecule has 3 rings (SSSR count). The maximum Gasteiger partial charge on any atom is 0.410 e. The van der Waals surface area contributed by atoms with Crippen LogP contribution in [0, 0.1) is 0 Å². The van der Waals surface area contributed by atoms with E-state index in [0.29, 0.717) is 0 Å². The number of hydrogen-bond donors (Lipinski definition) is 2. The van der Waals surface area contributed by atoms with E-state index in [9.17, 15) is 4.79 Å². The quantitative estimate of drug-likeness (QED) is 0.651. The van der Waals surface area contributed by atoms with Crippen molar-refractivity contribution in [1.29, 1.82) is 0 Å². The van der Waals surface area contributed by atoms with Crippen molar-refractivity contribution in [1.82, 2.24) is 15.2 Å². The van der Waals surface area contributed by atoms with E-state index in [1.54, 1.807) is 0 Å². The van der Waals surface area contributed by atoms with Crippen LogP contribution >= 0.6 is 0 Å². The van der Waals surface area contributed by atoms with Gasteiger partial charge in [0.2, 0.25) is 0 Å². The number of carbonyl (C=O) groups excluding carboxylic acids is 1. The molecule has 6 heteroatoms. The first-order valence-electron chi connectivity index (χ1n) is 8.61. The van der Waals surface area contributed by atoms with E-state index >= 15 is 0 Å². The average molecular weight is 332 g/mol. The van der Waals surface area contributed by atoms with Gasteiger partial charge < -0.3 is 4.74 Å². The van der Waals surface area contributed by atoms with E-state index in [1.807, 2.05) is 31.7 Å². The van der Waals surface area contributed by atoms with Crippen LogP contribution in [0.4, 0.5) is 4.79 Å². The Morgan fingerprint density at radius 3 is 2.62 bits per heavy atom. The smallest absolute Gasteiger partial charge is 0.410 e. The molecule has 1 amide bonds. The maximum atomic E-state index is 12.6. The maximum absolute atomic E-state index is 12.6. The number of ether oxygens (including phenoxy) is 1. The van der Waals surface area contributed by atoms with Gasteiger partial charge in [0.05, 0.1) is 6.04 Å². The SMILES string of the molecule is CC(C)(C)OC(=O)N1[C@@H]2CC(NN)[C@H]1CN(Cc1ccccc1)C2. The highest BCUT2D eigenvalue weighted by molar-refractivity contribution is 5.70. The number of hydrazine groups is 1. The highest BCUT2D eigenvalue weighted by atomic mass is 16.6. The molecule has 2 fully saturated rings. The predicted octanol–water partition coefficient (Wildman–Crippen LogP) is 1.71. The molecular weight excluding hydrogens is 304 g/mol. The highest BCUT2D eigenvalue weighted by Gasteiger charge is 2.49. The number of carbonyl (C=O) groups is 1. The van der Waals surface area contributed by atoms with E-state index in [0.717, 1.165) is 26.1 Å². The van der Waals surface area contributed by atoms with Gasteiger partial charge in [-0.3, -0.25) is 21.1 Å². The summed E-state index contributed by atoms with van der Waals surface area (Å²) in [5.74, 6) is 5.73. The summed E-state index contributed by atoms with van der Waals surface area (Å²) < 4.78 is 5.60. The van der Waals surface area contributed by atoms with Gasteiger partial charge in [-0.15, -0.1) is 0 Å². The summed E-state index contributed by atoms with van der Waals surface area (Å²) in [6.07, 6.45) is 0.640. The summed E-state index contributed by atoms with van der Waals surface area (Å²) in [5, 5.41) is 0. The Morgan fingerprint density at radius 2 is 2.00 bits per heavy atom. The van der Waals surface area contributed by atoms with Gasteiger partial charge in [-0.25, -0.2) is 4.79 Å². The Bertz CT molecular complexity index is 572. The molecular formula is C18H28N4O2. The third-order valence-corrected chi connectivity index (χ3v) is 4.72. The second kappa shape index (κ2) is 6.70. The first kappa shape index (κ1) is 17.2. The molecule has 0 aliphatic carbocycles. The molecule has 2 heterocycles. The molecule has 6 nitrogen and oxygen atoms in total. The molecule has 132 valence electrons. The second-order valence-corrected chi connectivity index (χ2v) is 7.80. The van der Waals surface area contributed by atoms with Crippen LogP contribution in [0.5, 0.6) is 0 Å². The van der Waals surface area contributed by atoms with Gasteiger partial charge in [-0.05, 0) is 32.8 Å². The number of benzene rings is 1. The van der Waals surface area contributed by atoms with Gasteiger partial charge >= 0.3 is 6.09 Å². The molecule has 2 saturated heterocycles. The van der Waals surface area contributed by atoms with Crippen LogP contribution < -0.4 is 11.3 Å². The fourth-order valence-corrected chi connectivity index (χ4v) is 3.79. The van der Waals surface area contributed by atoms with Gasteiger partial charge in [0.25, 0.3) is 0 Å². The Kier molecular flexibility index (Phi) is 4.80. The van der Waals surface area contributed by atoms with Crippen molar-refractivity contribution < 1.29 is 9.53 Å². The van der Waals surface area contributed by atoms with Gasteiger partial charge in [-0.2, -0.15) is 0 Å². The van der Waals surface area contributed by atoms with Crippen LogP contribution in [-0.4, -0.2) is 52.7 Å². The number of likely N-dealkylation sites (tertiary alicyclic amines) is 1. The lowest BCUT2D eigenvalue weighted by molar-refractivity contribution is -0.00699. The van der Waals surface area contributed by atoms with E-state index in [1.165, 1.54) is 5.56 Å². The van der Waals surface area contributed by atoms with Gasteiger partial charge in [0.1, 0.15) is 5.60 Å². The molecule has 24 heavy (non-hydrogen) atoms. The Hall–Kier alpha value is -1.63. The highest BCUT2D eigenvalue weighted by Crippen LogP contribution is 2.32. The van der Waals surface area contributed by atoms with E-state index in [2.05, 4.69) is 34.6 Å². The van der Waals surface area contributed by atoms with E-state index < -0.39 is 5.60 Å². The largest absolute Gasteiger partial charge is 0.444 e. The Morgan fingerprint density at radius 1 is 1.29 bits per heavy atom. The van der Waals surface area contributed by atoms with Crippen molar-refractivity contribution in [2.75, 3.05) is 13.1 Å². The molecule has 2 bridgehead atoms. The lowest BCUT2D eigenvalue weighted by Crippen LogP contribution is -2.59. The number of nitrogens with zero attached hydrogens (tertiary/aromatic N) is 2. The van der Waals surface area contributed by atoms with Gasteiger partial charge in [-0.1, -0.05) is 30.3 Å². The topological polar surface area (TPSA) is 70.8 Å². The zero-order chi connectivity index (χ0) is 17.3. The number of fused-ring (bicyclic) bond motifs is 2. The van der Waals surface area contributed by atoms with Gasteiger partial charge in [0.15, 0.2) is 0 Å². The van der Waals surface area contributed by atoms with Crippen LogP contribution in [0.25, 0.3) is 0 Å². The normalized spacial score (nSPS) is 27.3. The van der Waals surface area contributed by atoms with E-state index in [4.69, 9.17) is 10.6 Å². The van der Waals surface area contributed by atoms with Gasteiger partial charge in [0, 0.05) is 31.7 Å². The summed E-state index contributed by atoms with van der Waals surface area (Å²) in [7, 11) is 0. The number of piperazine rings is 1. The third kappa shape index (κ3) is 3.71. The van der Waals surface area contributed by atoms with Crippen LogP contribution in [0.1, 0.15) is 32.8 Å². The Balaban J connectivity index is 1.71. The molecule has 0 radical (unpaired) electrons. The van der Waals surface area contributed by atoms with Crippen LogP contribution in [0.2, 0.25) is 0 Å². The molecule has 1 aromatic carbocycles. The number of nitrogens with two attached hydrogens (primary N) is 1. The zero-order valence-corrected chi connectivity index (χ0v) is 14.7. The minimum absolute atomic E-state index is 0.0484. The number of rotatable bonds is 3. The second-order valence-electron chi connectivity index (χ2n) is 7.80. The van der Waals surface area contributed by atoms with E-state index in [-0.39, 0.29) is 24.2 Å². The van der Waals surface area contributed by atoms with Crippen molar-refractivity contribution in [3.05, 3.63) is 35.9 Å². The monoisotopic (exact) mass is 332 g/mol. The molecule has 2 aliphatic rings. The van der Waals surface area contributed by atoms with Crippen LogP contribution in [0.15, 0.2) is 30.3 Å². The first-order chi connectivity index (χ1) is 11.4. The van der Waals surface area contributed by atoms with Crippen molar-refractivity contribution in [3.63, 3.8) is 0 Å². The minimum Gasteiger partial charge on any atom is -0.444 e. The zero-order valence-electron chi connectivity index (χ0n) is 14.7. The fourth-order valence-electron chi connectivity index (χ4n) is 3.79. The molecule has 1 unspecified atom stereocenters. The molecule has 3 N–H and O–H groups in total. The first-order valence-corrected chi connectivity index (χ1v) is 8.61. The summed E-state index contributed by atoms with van der Waals surface area (Å²) in [4.78, 5) is 16.9. The molecule has 1 aromatic rings. The van der Waals surface area contributed by atoms with Crippen LogP contribution in [-0.2, 0) is 11.3 Å². The fraction of sp³-hybridized carbons (Fsp3) is 0.611. The summed E-state index contributed by atoms with van der Waals surface area (Å²) >= 11 is 0. The third-order valence-electron chi connectivity index (χ3n) is 4.72. The predicted molar refractivity (Wildman–Crippen MR) is 93.1 cm³/mol. The van der Waals surface area contributed by atoms with Crippen LogP contribution in [0.3, 0.4) is 0 Å². The summed E-state index contributed by atoms with van der Waals surface area (Å²) in [6, 6.07) is 10.7. The summed E-state index contributed by atoms with van der Waals surface area (Å²) in [6.45, 7) is 8.25. The van der Waals surface area contributed by atoms with Crippen molar-refractivity contribution in [3.8, 4) is 0 Å². The molecule has 0 aromatic heterocycles. The molecule has 0 spiro atoms. The lowest BCUT2D eigenvalue weighted by Gasteiger charge is -2.41. The molecule has 0 saturated carbocycles. The summed E-state index contributed by atoms with van der Waals surface area (Å²) in [5.41, 5.74) is 3.70. The Labute approximate surface area is 143 Å². The average Bonchev–Trinajstić information content (AvgIpc) is 2.74. The van der Waals surface area contributed by atoms with Crippen molar-refractivity contribution >= 4 is 6.09 Å². The molecule has 2 aliphatic heterocycles. The molecule has 3 atom stereocenters. The number of hydrogen-bond acceptors (Lipinski definition) is 5. The minimum atomic E-state index is -0.483. The van der Waals surface area contributed by atoms with Crippen molar-refractivity contribution in [2.45, 2.75) is 57.5 Å². The lowest BCUT2D eigenvalue weighted by atomic mass is 10.1. The standard InChI is InChI=1S/C18H28N4O2/c1-18(2,3)24-17(23)22-14-9-15(20-19)16(22)12-21(11-14)10-13-7-5-4-6-8-13/h4-8,14-16,20H,9-12,19H2,1-3H3/t14-,15?,16-/m1/s1. The van der Waals surface area contributed by atoms with Crippen molar-refractivity contribution in [2.24, 2.45) is 5.84 Å².